The molecule has 0 heterocycles. The summed E-state index contributed by atoms with van der Waals surface area (Å²) < 4.78 is 26.2. The molecule has 2 N–H and O–H groups in total. The lowest BCUT2D eigenvalue weighted by Gasteiger charge is -2.13. The Labute approximate surface area is 117 Å². The molecular formula is C13H13ClN2O2S. The van der Waals surface area contributed by atoms with Crippen LogP contribution in [-0.2, 0) is 10.0 Å². The zero-order chi connectivity index (χ0) is 13.9. The third kappa shape index (κ3) is 3.07. The second-order valence-corrected chi connectivity index (χ2v) is 6.07. The summed E-state index contributed by atoms with van der Waals surface area (Å²) in [5.74, 6) is 0. The SMILES string of the molecule is CNS(=O)(=O)c1cccc(Cl)c1Nc1ccccc1. The standard InChI is InChI=1S/C13H13ClN2O2S/c1-15-19(17,18)12-9-5-8-11(14)13(12)16-10-6-3-2-4-7-10/h2-9,15-16H,1H3. The predicted octanol–water partition coefficient (Wildman–Crippen LogP) is 2.99. The lowest BCUT2D eigenvalue weighted by atomic mass is 10.2. The fraction of sp³-hybridized carbons (Fsp3) is 0.0769. The van der Waals surface area contributed by atoms with Crippen LogP contribution in [0.3, 0.4) is 0 Å². The van der Waals surface area contributed by atoms with Gasteiger partial charge in [-0.1, -0.05) is 35.9 Å². The molecule has 0 atom stereocenters. The van der Waals surface area contributed by atoms with E-state index in [4.69, 9.17) is 11.6 Å². The second-order valence-electron chi connectivity index (χ2n) is 3.81. The van der Waals surface area contributed by atoms with E-state index in [1.165, 1.54) is 13.1 Å². The molecule has 2 aromatic carbocycles. The molecule has 0 amide bonds. The van der Waals surface area contributed by atoms with Crippen molar-refractivity contribution >= 4 is 33.0 Å². The Kier molecular flexibility index (Phi) is 4.09. The minimum Gasteiger partial charge on any atom is -0.353 e. The maximum absolute atomic E-state index is 12.0. The largest absolute Gasteiger partial charge is 0.353 e. The number of nitrogens with one attached hydrogen (secondary N) is 2. The number of benzene rings is 2. The minimum absolute atomic E-state index is 0.117. The van der Waals surface area contributed by atoms with Gasteiger partial charge in [-0.3, -0.25) is 0 Å². The zero-order valence-electron chi connectivity index (χ0n) is 10.2. The monoisotopic (exact) mass is 296 g/mol. The Balaban J connectivity index is 2.51. The normalized spacial score (nSPS) is 11.3. The maximum atomic E-state index is 12.0. The summed E-state index contributed by atoms with van der Waals surface area (Å²) in [4.78, 5) is 0.117. The van der Waals surface area contributed by atoms with E-state index in [0.29, 0.717) is 10.7 Å². The van der Waals surface area contributed by atoms with Gasteiger partial charge in [-0.05, 0) is 31.3 Å². The molecule has 0 saturated carbocycles. The molecule has 0 spiro atoms. The van der Waals surface area contributed by atoms with Gasteiger partial charge < -0.3 is 5.32 Å². The van der Waals surface area contributed by atoms with Gasteiger partial charge >= 0.3 is 0 Å². The van der Waals surface area contributed by atoms with E-state index in [0.717, 1.165) is 5.69 Å². The van der Waals surface area contributed by atoms with Crippen molar-refractivity contribution in [3.05, 3.63) is 53.6 Å². The third-order valence-electron chi connectivity index (χ3n) is 2.58. The van der Waals surface area contributed by atoms with Crippen molar-refractivity contribution in [1.82, 2.24) is 4.72 Å². The Hall–Kier alpha value is -1.56. The van der Waals surface area contributed by atoms with Crippen LogP contribution in [0.2, 0.25) is 5.02 Å². The minimum atomic E-state index is -3.57. The molecule has 0 aliphatic heterocycles. The molecule has 0 unspecified atom stereocenters. The van der Waals surface area contributed by atoms with Crippen molar-refractivity contribution < 1.29 is 8.42 Å². The molecular weight excluding hydrogens is 284 g/mol. The molecule has 0 radical (unpaired) electrons. The number of hydrogen-bond donors (Lipinski definition) is 2. The summed E-state index contributed by atoms with van der Waals surface area (Å²) in [6, 6.07) is 14.0. The Bertz CT molecular complexity index is 672. The Morgan fingerprint density at radius 2 is 1.68 bits per heavy atom. The summed E-state index contributed by atoms with van der Waals surface area (Å²) >= 11 is 6.09. The lowest BCUT2D eigenvalue weighted by molar-refractivity contribution is 0.588. The summed E-state index contributed by atoms with van der Waals surface area (Å²) in [7, 11) is -2.20. The average Bonchev–Trinajstić information content (AvgIpc) is 2.42. The highest BCUT2D eigenvalue weighted by Gasteiger charge is 2.18. The number of sulfonamides is 1. The highest BCUT2D eigenvalue weighted by Crippen LogP contribution is 2.31. The number of hydrogen-bond acceptors (Lipinski definition) is 3. The van der Waals surface area contributed by atoms with E-state index in [1.54, 1.807) is 12.1 Å². The highest BCUT2D eigenvalue weighted by molar-refractivity contribution is 7.89. The number of rotatable bonds is 4. The molecule has 19 heavy (non-hydrogen) atoms. The number of anilines is 2. The first-order valence-corrected chi connectivity index (χ1v) is 7.45. The van der Waals surface area contributed by atoms with Crippen LogP contribution in [0.1, 0.15) is 0 Å². The summed E-state index contributed by atoms with van der Waals surface area (Å²) in [6.07, 6.45) is 0. The third-order valence-corrected chi connectivity index (χ3v) is 4.35. The van der Waals surface area contributed by atoms with Crippen LogP contribution in [0, 0.1) is 0 Å². The Morgan fingerprint density at radius 1 is 1.00 bits per heavy atom. The average molecular weight is 297 g/mol. The molecule has 0 fully saturated rings. The van der Waals surface area contributed by atoms with Crippen LogP contribution in [0.5, 0.6) is 0 Å². The van der Waals surface area contributed by atoms with Crippen molar-refractivity contribution in [2.24, 2.45) is 0 Å². The van der Waals surface area contributed by atoms with E-state index in [2.05, 4.69) is 10.0 Å². The van der Waals surface area contributed by atoms with Crippen LogP contribution >= 0.6 is 11.6 Å². The van der Waals surface area contributed by atoms with Gasteiger partial charge in [-0.25, -0.2) is 13.1 Å². The second kappa shape index (κ2) is 5.61. The van der Waals surface area contributed by atoms with Crippen LogP contribution in [-0.4, -0.2) is 15.5 Å². The lowest BCUT2D eigenvalue weighted by Crippen LogP contribution is -2.19. The van der Waals surface area contributed by atoms with Gasteiger partial charge in [0.2, 0.25) is 10.0 Å². The summed E-state index contributed by atoms with van der Waals surface area (Å²) in [5, 5.41) is 3.38. The molecule has 0 saturated heterocycles. The van der Waals surface area contributed by atoms with E-state index in [1.807, 2.05) is 30.3 Å². The van der Waals surface area contributed by atoms with E-state index in [9.17, 15) is 8.42 Å². The summed E-state index contributed by atoms with van der Waals surface area (Å²) in [6.45, 7) is 0. The molecule has 100 valence electrons. The number of para-hydroxylation sites is 2. The molecule has 2 aromatic rings. The molecule has 0 bridgehead atoms. The Morgan fingerprint density at radius 3 is 2.32 bits per heavy atom. The number of halogens is 1. The molecule has 4 nitrogen and oxygen atoms in total. The van der Waals surface area contributed by atoms with Crippen molar-refractivity contribution in [2.75, 3.05) is 12.4 Å². The molecule has 0 aliphatic rings. The first-order chi connectivity index (χ1) is 9.04. The van der Waals surface area contributed by atoms with Gasteiger partial charge in [0.25, 0.3) is 0 Å². The summed E-state index contributed by atoms with van der Waals surface area (Å²) in [5.41, 5.74) is 1.13. The molecule has 2 rings (SSSR count). The van der Waals surface area contributed by atoms with Crippen LogP contribution in [0.25, 0.3) is 0 Å². The van der Waals surface area contributed by atoms with Gasteiger partial charge in [0.05, 0.1) is 10.7 Å². The molecule has 0 aromatic heterocycles. The van der Waals surface area contributed by atoms with E-state index in [-0.39, 0.29) is 4.90 Å². The van der Waals surface area contributed by atoms with Gasteiger partial charge in [-0.15, -0.1) is 0 Å². The first kappa shape index (κ1) is 13.9. The smallest absolute Gasteiger partial charge is 0.242 e. The fourth-order valence-electron chi connectivity index (χ4n) is 1.63. The molecule has 6 heteroatoms. The topological polar surface area (TPSA) is 58.2 Å². The van der Waals surface area contributed by atoms with Gasteiger partial charge in [0, 0.05) is 5.69 Å². The van der Waals surface area contributed by atoms with Crippen LogP contribution < -0.4 is 10.0 Å². The van der Waals surface area contributed by atoms with Crippen molar-refractivity contribution in [1.29, 1.82) is 0 Å². The fourth-order valence-corrected chi connectivity index (χ4v) is 2.81. The maximum Gasteiger partial charge on any atom is 0.242 e. The quantitative estimate of drug-likeness (QED) is 0.912. The van der Waals surface area contributed by atoms with Gasteiger partial charge in [-0.2, -0.15) is 0 Å². The van der Waals surface area contributed by atoms with Crippen LogP contribution in [0.4, 0.5) is 11.4 Å². The van der Waals surface area contributed by atoms with Gasteiger partial charge in [0.1, 0.15) is 4.90 Å². The molecule has 0 aliphatic carbocycles. The van der Waals surface area contributed by atoms with E-state index < -0.39 is 10.0 Å². The van der Waals surface area contributed by atoms with Crippen molar-refractivity contribution in [2.45, 2.75) is 4.90 Å². The zero-order valence-corrected chi connectivity index (χ0v) is 11.8. The van der Waals surface area contributed by atoms with Crippen molar-refractivity contribution in [3.8, 4) is 0 Å². The van der Waals surface area contributed by atoms with Crippen LogP contribution in [0.15, 0.2) is 53.4 Å². The first-order valence-electron chi connectivity index (χ1n) is 5.59. The van der Waals surface area contributed by atoms with Crippen molar-refractivity contribution in [3.63, 3.8) is 0 Å². The van der Waals surface area contributed by atoms with E-state index >= 15 is 0 Å². The highest BCUT2D eigenvalue weighted by atomic mass is 35.5. The van der Waals surface area contributed by atoms with Gasteiger partial charge in [0.15, 0.2) is 0 Å². The predicted molar refractivity (Wildman–Crippen MR) is 77.4 cm³/mol.